The molecule has 28 heavy (non-hydrogen) atoms. The Morgan fingerprint density at radius 2 is 2.00 bits per heavy atom. The number of phenols is 1. The lowest BCUT2D eigenvalue weighted by molar-refractivity contribution is -0.122. The molecule has 1 aliphatic carbocycles. The van der Waals surface area contributed by atoms with E-state index in [-0.39, 0.29) is 29.6 Å². The van der Waals surface area contributed by atoms with Gasteiger partial charge in [0.05, 0.1) is 6.04 Å². The summed E-state index contributed by atoms with van der Waals surface area (Å²) >= 11 is 0. The normalized spacial score (nSPS) is 17.2. The second kappa shape index (κ2) is 9.20. The zero-order chi connectivity index (χ0) is 20.1. The fraction of sp³-hybridized carbons (Fsp3) is 0.435. The molecule has 2 aromatic carbocycles. The fourth-order valence-electron chi connectivity index (χ4n) is 3.93. The first-order valence-electron chi connectivity index (χ1n) is 9.94. The van der Waals surface area contributed by atoms with Crippen LogP contribution in [-0.4, -0.2) is 36.1 Å². The number of aromatic hydroxyl groups is 1. The summed E-state index contributed by atoms with van der Waals surface area (Å²) in [7, 11) is 4.03. The highest BCUT2D eigenvalue weighted by molar-refractivity contribution is 5.76. The van der Waals surface area contributed by atoms with Gasteiger partial charge >= 0.3 is 0 Å². The fourth-order valence-corrected chi connectivity index (χ4v) is 3.93. The van der Waals surface area contributed by atoms with Gasteiger partial charge in [-0.3, -0.25) is 4.79 Å². The number of benzene rings is 2. The number of rotatable bonds is 7. The van der Waals surface area contributed by atoms with E-state index in [1.165, 1.54) is 6.07 Å². The summed E-state index contributed by atoms with van der Waals surface area (Å²) in [6.07, 6.45) is 4.79. The van der Waals surface area contributed by atoms with Crippen LogP contribution in [0.5, 0.6) is 5.75 Å². The summed E-state index contributed by atoms with van der Waals surface area (Å²) in [4.78, 5) is 14.7. The van der Waals surface area contributed by atoms with Crippen molar-refractivity contribution in [2.24, 2.45) is 0 Å². The minimum absolute atomic E-state index is 0.0136. The van der Waals surface area contributed by atoms with Crippen molar-refractivity contribution >= 4 is 5.91 Å². The van der Waals surface area contributed by atoms with Gasteiger partial charge in [-0.05, 0) is 87.2 Å². The number of hydrogen-bond donors (Lipinski definition) is 2. The molecule has 2 aromatic rings. The van der Waals surface area contributed by atoms with Crippen LogP contribution in [0.1, 0.15) is 48.4 Å². The number of nitrogens with one attached hydrogen (secondary N) is 1. The van der Waals surface area contributed by atoms with E-state index in [1.54, 1.807) is 18.2 Å². The van der Waals surface area contributed by atoms with Gasteiger partial charge < -0.3 is 15.3 Å². The number of nitrogens with zero attached hydrogens (tertiary/aromatic N) is 1. The largest absolute Gasteiger partial charge is 0.508 e. The van der Waals surface area contributed by atoms with E-state index in [2.05, 4.69) is 10.2 Å². The zero-order valence-corrected chi connectivity index (χ0v) is 16.6. The number of carbonyl (C=O) groups is 1. The third-order valence-corrected chi connectivity index (χ3v) is 5.60. The molecule has 0 heterocycles. The van der Waals surface area contributed by atoms with Crippen molar-refractivity contribution in [2.75, 3.05) is 14.1 Å². The molecule has 0 aliphatic heterocycles. The molecule has 0 fully saturated rings. The van der Waals surface area contributed by atoms with E-state index < -0.39 is 0 Å². The van der Waals surface area contributed by atoms with E-state index in [4.69, 9.17) is 0 Å². The topological polar surface area (TPSA) is 52.6 Å². The van der Waals surface area contributed by atoms with Crippen LogP contribution in [0.4, 0.5) is 4.39 Å². The summed E-state index contributed by atoms with van der Waals surface area (Å²) in [5.41, 5.74) is 3.19. The van der Waals surface area contributed by atoms with Crippen LogP contribution >= 0.6 is 0 Å². The van der Waals surface area contributed by atoms with Crippen molar-refractivity contribution in [3.8, 4) is 5.75 Å². The summed E-state index contributed by atoms with van der Waals surface area (Å²) < 4.78 is 13.6. The highest BCUT2D eigenvalue weighted by Crippen LogP contribution is 2.30. The van der Waals surface area contributed by atoms with E-state index in [1.807, 2.05) is 32.3 Å². The minimum Gasteiger partial charge on any atom is -0.508 e. The van der Waals surface area contributed by atoms with Crippen molar-refractivity contribution in [3.63, 3.8) is 0 Å². The summed E-state index contributed by atoms with van der Waals surface area (Å²) in [5.74, 6) is 0.0230. The number of phenolic OH excluding ortho intramolecular Hbond substituents is 1. The molecule has 0 saturated heterocycles. The predicted octanol–water partition coefficient (Wildman–Crippen LogP) is 3.98. The lowest BCUT2D eigenvalue weighted by Gasteiger charge is -2.28. The van der Waals surface area contributed by atoms with E-state index in [9.17, 15) is 14.3 Å². The Morgan fingerprint density at radius 3 is 2.71 bits per heavy atom. The number of carbonyl (C=O) groups excluding carboxylic acids is 1. The summed E-state index contributed by atoms with van der Waals surface area (Å²) in [5, 5.41) is 12.5. The van der Waals surface area contributed by atoms with Crippen molar-refractivity contribution in [1.29, 1.82) is 0 Å². The van der Waals surface area contributed by atoms with E-state index >= 15 is 0 Å². The molecule has 1 amide bonds. The van der Waals surface area contributed by atoms with Crippen molar-refractivity contribution in [1.82, 2.24) is 10.2 Å². The van der Waals surface area contributed by atoms with Crippen LogP contribution in [0.2, 0.25) is 0 Å². The molecule has 4 nitrogen and oxygen atoms in total. The molecule has 0 radical (unpaired) electrons. The first-order valence-corrected chi connectivity index (χ1v) is 9.94. The number of hydrogen-bond acceptors (Lipinski definition) is 3. The van der Waals surface area contributed by atoms with Gasteiger partial charge in [-0.15, -0.1) is 0 Å². The smallest absolute Gasteiger partial charge is 0.220 e. The second-order valence-corrected chi connectivity index (χ2v) is 7.88. The third-order valence-electron chi connectivity index (χ3n) is 5.60. The standard InChI is InChI=1S/C23H29FN2O2/c1-26(2)19(14-16-6-11-20(27)12-7-16)10-13-23(28)25-22-5-3-4-17-8-9-18(24)15-21(17)22/h6-9,11-12,15,19,22,27H,3-5,10,13-14H2,1-2H3,(H,25,28)/t19-,22?/m1/s1. The van der Waals surface area contributed by atoms with Gasteiger partial charge in [0, 0.05) is 12.5 Å². The Hall–Kier alpha value is -2.40. The minimum atomic E-state index is -0.249. The summed E-state index contributed by atoms with van der Waals surface area (Å²) in [6.45, 7) is 0. The number of halogens is 1. The molecular weight excluding hydrogens is 355 g/mol. The van der Waals surface area contributed by atoms with Crippen LogP contribution in [0, 0.1) is 5.82 Å². The highest BCUT2D eigenvalue weighted by atomic mass is 19.1. The Kier molecular flexibility index (Phi) is 6.68. The molecule has 0 saturated carbocycles. The monoisotopic (exact) mass is 384 g/mol. The maximum Gasteiger partial charge on any atom is 0.220 e. The van der Waals surface area contributed by atoms with Crippen LogP contribution in [0.3, 0.4) is 0 Å². The molecule has 5 heteroatoms. The Morgan fingerprint density at radius 1 is 1.25 bits per heavy atom. The molecule has 2 atom stereocenters. The SMILES string of the molecule is CN(C)[C@H](CCC(=O)NC1CCCc2ccc(F)cc21)Cc1ccc(O)cc1. The molecular formula is C23H29FN2O2. The molecule has 0 spiro atoms. The Balaban J connectivity index is 1.57. The number of fused-ring (bicyclic) bond motifs is 1. The van der Waals surface area contributed by atoms with Gasteiger partial charge in [0.25, 0.3) is 0 Å². The Bertz CT molecular complexity index is 805. The maximum atomic E-state index is 13.6. The molecule has 1 unspecified atom stereocenters. The van der Waals surface area contributed by atoms with Crippen LogP contribution in [0.15, 0.2) is 42.5 Å². The van der Waals surface area contributed by atoms with Gasteiger partial charge in [-0.1, -0.05) is 18.2 Å². The molecule has 150 valence electrons. The highest BCUT2D eigenvalue weighted by Gasteiger charge is 2.23. The van der Waals surface area contributed by atoms with Crippen molar-refractivity contribution in [2.45, 2.75) is 50.6 Å². The number of likely N-dealkylation sites (N-methyl/N-ethyl adjacent to an activating group) is 1. The predicted molar refractivity (Wildman–Crippen MR) is 109 cm³/mol. The quantitative estimate of drug-likeness (QED) is 0.759. The molecule has 0 aromatic heterocycles. The maximum absolute atomic E-state index is 13.6. The third kappa shape index (κ3) is 5.32. The van der Waals surface area contributed by atoms with Crippen molar-refractivity contribution in [3.05, 3.63) is 65.0 Å². The lowest BCUT2D eigenvalue weighted by Crippen LogP contribution is -2.34. The van der Waals surface area contributed by atoms with Gasteiger partial charge in [0.15, 0.2) is 0 Å². The van der Waals surface area contributed by atoms with Crippen LogP contribution in [-0.2, 0) is 17.6 Å². The lowest BCUT2D eigenvalue weighted by atomic mass is 9.87. The molecule has 0 bridgehead atoms. The van der Waals surface area contributed by atoms with Gasteiger partial charge in [0.1, 0.15) is 11.6 Å². The van der Waals surface area contributed by atoms with Crippen LogP contribution in [0.25, 0.3) is 0 Å². The molecule has 1 aliphatic rings. The number of aryl methyl sites for hydroxylation is 1. The summed E-state index contributed by atoms with van der Waals surface area (Å²) in [6, 6.07) is 12.2. The van der Waals surface area contributed by atoms with E-state index in [0.717, 1.165) is 48.8 Å². The van der Waals surface area contributed by atoms with Gasteiger partial charge in [-0.25, -0.2) is 4.39 Å². The molecule has 2 N–H and O–H groups in total. The molecule has 3 rings (SSSR count). The average molecular weight is 384 g/mol. The first kappa shape index (κ1) is 20.3. The van der Waals surface area contributed by atoms with Gasteiger partial charge in [0.2, 0.25) is 5.91 Å². The second-order valence-electron chi connectivity index (χ2n) is 7.88. The zero-order valence-electron chi connectivity index (χ0n) is 16.6. The number of amides is 1. The first-order chi connectivity index (χ1) is 13.4. The van der Waals surface area contributed by atoms with Crippen molar-refractivity contribution < 1.29 is 14.3 Å². The average Bonchev–Trinajstić information content (AvgIpc) is 2.67. The van der Waals surface area contributed by atoms with Crippen LogP contribution < -0.4 is 5.32 Å². The van der Waals surface area contributed by atoms with E-state index in [0.29, 0.717) is 6.42 Å². The van der Waals surface area contributed by atoms with Gasteiger partial charge in [-0.2, -0.15) is 0 Å². The Labute approximate surface area is 166 Å².